The first kappa shape index (κ1) is 58.5. The first-order valence-corrected chi connectivity index (χ1v) is 35.2. The highest BCUT2D eigenvalue weighted by Crippen LogP contribution is 2.49. The molecule has 103 heavy (non-hydrogen) atoms. The van der Waals surface area contributed by atoms with Crippen molar-refractivity contribution >= 4 is 152 Å². The molecule has 0 fully saturated rings. The zero-order valence-corrected chi connectivity index (χ0v) is 56.0. The summed E-state index contributed by atoms with van der Waals surface area (Å²) in [5.74, 6) is -0.684. The quantitative estimate of drug-likeness (QED) is 0.148. The molecular weight excluding hydrogens is 1260 g/mol. The molecule has 0 unspecified atom stereocenters. The van der Waals surface area contributed by atoms with Gasteiger partial charge >= 0.3 is 0 Å². The van der Waals surface area contributed by atoms with Gasteiger partial charge in [0.2, 0.25) is 0 Å². The van der Waals surface area contributed by atoms with Crippen LogP contribution in [0.1, 0.15) is 5.56 Å². The Morgan fingerprint density at radius 2 is 0.583 bits per heavy atom. The van der Waals surface area contributed by atoms with Gasteiger partial charge < -0.3 is 18.3 Å². The second-order valence-electron chi connectivity index (χ2n) is 27.3. The molecular formula is C97H60F2N4. The van der Waals surface area contributed by atoms with Crippen molar-refractivity contribution in [2.75, 3.05) is 0 Å². The number of rotatable bonds is 6. The van der Waals surface area contributed by atoms with Gasteiger partial charge in [-0.1, -0.05) is 248 Å². The number of fused-ring (bicyclic) bond motifs is 26. The third kappa shape index (κ3) is 8.74. The van der Waals surface area contributed by atoms with Crippen LogP contribution >= 0.6 is 0 Å². The highest BCUT2D eigenvalue weighted by molar-refractivity contribution is 6.33. The lowest BCUT2D eigenvalue weighted by atomic mass is 9.85. The van der Waals surface area contributed by atoms with Gasteiger partial charge in [-0.05, 0) is 192 Å². The molecule has 4 nitrogen and oxygen atoms in total. The van der Waals surface area contributed by atoms with Gasteiger partial charge in [0.1, 0.15) is 11.6 Å². The highest BCUT2D eigenvalue weighted by Gasteiger charge is 2.26. The van der Waals surface area contributed by atoms with Crippen LogP contribution in [0.4, 0.5) is 8.78 Å². The normalized spacial score (nSPS) is 12.0. The fraction of sp³-hybridized carbons (Fsp3) is 0.0103. The number of hydrogen-bond acceptors (Lipinski definition) is 0. The van der Waals surface area contributed by atoms with Crippen LogP contribution < -0.4 is 0 Å². The van der Waals surface area contributed by atoms with Crippen molar-refractivity contribution in [2.24, 2.45) is 0 Å². The van der Waals surface area contributed by atoms with Crippen molar-refractivity contribution in [2.45, 2.75) is 6.92 Å². The van der Waals surface area contributed by atoms with E-state index in [-0.39, 0.29) is 11.6 Å². The van der Waals surface area contributed by atoms with E-state index in [1.165, 1.54) is 150 Å². The number of para-hydroxylation sites is 6. The van der Waals surface area contributed by atoms with Crippen molar-refractivity contribution in [1.82, 2.24) is 18.3 Å². The van der Waals surface area contributed by atoms with Crippen LogP contribution in [-0.2, 0) is 0 Å². The summed E-state index contributed by atoms with van der Waals surface area (Å²) in [6.07, 6.45) is 0. The van der Waals surface area contributed by atoms with Crippen LogP contribution in [0.3, 0.4) is 0 Å². The predicted molar refractivity (Wildman–Crippen MR) is 431 cm³/mol. The zero-order chi connectivity index (χ0) is 68.1. The third-order valence-corrected chi connectivity index (χ3v) is 21.7. The summed E-state index contributed by atoms with van der Waals surface area (Å²) in [4.78, 5) is 0. The van der Waals surface area contributed by atoms with Gasteiger partial charge in [-0.15, -0.1) is 0 Å². The summed E-state index contributed by atoms with van der Waals surface area (Å²) >= 11 is 0. The van der Waals surface area contributed by atoms with E-state index < -0.39 is 0 Å². The minimum absolute atomic E-state index is 0.339. The molecule has 4 heterocycles. The standard InChI is InChI=1S/C55H36N2.C42H24F2N2/c1-35-14-13-15-37(34-35)41-31-30-40(52-45-21-7-5-18-42(45)43-19-6-8-22-46(43)53(41)52)36-26-28-39(29-27-36)56-50-25-12-10-23-48(50)54-51(56)33-32-47-44-20-9-11-24-49(44)57(55(47)54)38-16-3-2-4-17-38;43-25-17-19-28-30-13-8-16-38(40(30)31-20-18-26(44)24-35(31)34(28)23-25)46-37-15-7-5-12-33(37)41-39(46)22-21-32-29-11-4-6-14-36(29)45(42(32)41)27-9-2-1-3-10-27/h2-34H,1H3;1-24H. The average Bonchev–Trinajstić information content (AvgIpc) is 1.60. The molecule has 6 heteroatoms. The van der Waals surface area contributed by atoms with Crippen LogP contribution in [-0.4, -0.2) is 18.3 Å². The molecule has 18 aromatic carbocycles. The summed E-state index contributed by atoms with van der Waals surface area (Å²) in [6, 6.07) is 122. The molecule has 22 rings (SSSR count). The van der Waals surface area contributed by atoms with E-state index in [4.69, 9.17) is 0 Å². The van der Waals surface area contributed by atoms with Gasteiger partial charge in [-0.2, -0.15) is 0 Å². The highest BCUT2D eigenvalue weighted by atomic mass is 19.1. The van der Waals surface area contributed by atoms with Crippen molar-refractivity contribution in [3.8, 4) is 45.0 Å². The van der Waals surface area contributed by atoms with E-state index in [1.807, 2.05) is 18.2 Å². The molecule has 0 N–H and O–H groups in total. The van der Waals surface area contributed by atoms with Crippen LogP contribution in [0.5, 0.6) is 0 Å². The topological polar surface area (TPSA) is 19.7 Å². The lowest BCUT2D eigenvalue weighted by Gasteiger charge is -2.18. The number of aromatic nitrogens is 4. The third-order valence-electron chi connectivity index (χ3n) is 21.7. The SMILES string of the molecule is Cc1cccc(-c2ccc(-c3ccc(-n4c5ccccc5c5c4ccc4c6ccccc6n(-c6ccccc6)c45)cc3)c3c4ccccc4c4ccccc4c23)c1.Fc1ccc2c(c1)c1cc(F)ccc1c1c(-n3c4ccccc4c4c3ccc3c5ccccc5n(-c5ccccc5)c34)cccc21. The Balaban J connectivity index is 0.000000137. The molecule has 22 aromatic rings. The fourth-order valence-electron chi connectivity index (χ4n) is 17.5. The van der Waals surface area contributed by atoms with Crippen molar-refractivity contribution in [1.29, 1.82) is 0 Å². The first-order chi connectivity index (χ1) is 50.9. The lowest BCUT2D eigenvalue weighted by Crippen LogP contribution is -1.97. The summed E-state index contributed by atoms with van der Waals surface area (Å²) in [6.45, 7) is 2.18. The average molecular weight is 1320 g/mol. The number of benzene rings is 18. The van der Waals surface area contributed by atoms with E-state index in [0.29, 0.717) is 10.8 Å². The van der Waals surface area contributed by atoms with Gasteiger partial charge in [0.15, 0.2) is 0 Å². The second-order valence-corrected chi connectivity index (χ2v) is 27.3. The molecule has 0 radical (unpaired) electrons. The van der Waals surface area contributed by atoms with Crippen LogP contribution in [0.25, 0.3) is 197 Å². The molecule has 0 amide bonds. The fourth-order valence-corrected chi connectivity index (χ4v) is 17.5. The largest absolute Gasteiger partial charge is 0.309 e. The van der Waals surface area contributed by atoms with Crippen molar-refractivity contribution in [3.63, 3.8) is 0 Å². The molecule has 0 saturated heterocycles. The first-order valence-electron chi connectivity index (χ1n) is 35.2. The summed E-state index contributed by atoms with van der Waals surface area (Å²) in [5, 5.41) is 22.7. The molecule has 0 spiro atoms. The zero-order valence-electron chi connectivity index (χ0n) is 56.0. The molecule has 0 saturated carbocycles. The van der Waals surface area contributed by atoms with Gasteiger partial charge in [0.05, 0.1) is 49.8 Å². The Bertz CT molecular complexity index is 7320. The van der Waals surface area contributed by atoms with E-state index in [1.54, 1.807) is 0 Å². The monoisotopic (exact) mass is 1320 g/mol. The summed E-state index contributed by atoms with van der Waals surface area (Å²) in [7, 11) is 0. The smallest absolute Gasteiger partial charge is 0.123 e. The number of aryl methyl sites for hydroxylation is 1. The van der Waals surface area contributed by atoms with Gasteiger partial charge in [-0.3, -0.25) is 0 Å². The maximum atomic E-state index is 14.8. The minimum Gasteiger partial charge on any atom is -0.309 e. The van der Waals surface area contributed by atoms with E-state index in [0.717, 1.165) is 66.1 Å². The molecule has 482 valence electrons. The molecule has 0 aliphatic heterocycles. The van der Waals surface area contributed by atoms with Gasteiger partial charge in [-0.25, -0.2) is 8.78 Å². The van der Waals surface area contributed by atoms with Gasteiger partial charge in [0, 0.05) is 65.5 Å². The second kappa shape index (κ2) is 22.8. The molecule has 4 aromatic heterocycles. The van der Waals surface area contributed by atoms with Crippen LogP contribution in [0, 0.1) is 18.6 Å². The Labute approximate surface area is 590 Å². The van der Waals surface area contributed by atoms with Crippen LogP contribution in [0.15, 0.2) is 346 Å². The van der Waals surface area contributed by atoms with Gasteiger partial charge in [0.25, 0.3) is 0 Å². The molecule has 0 aliphatic carbocycles. The molecule has 0 aliphatic rings. The minimum atomic E-state index is -0.345. The molecule has 0 atom stereocenters. The Hall–Kier alpha value is -13.4. The maximum absolute atomic E-state index is 14.8. The number of nitrogens with zero attached hydrogens (tertiary/aromatic N) is 4. The lowest BCUT2D eigenvalue weighted by molar-refractivity contribution is 0.628. The van der Waals surface area contributed by atoms with E-state index >= 15 is 0 Å². The Morgan fingerprint density at radius 1 is 0.204 bits per heavy atom. The van der Waals surface area contributed by atoms with Crippen molar-refractivity contribution in [3.05, 3.63) is 363 Å². The number of halogens is 2. The predicted octanol–water partition coefficient (Wildman–Crippen LogP) is 26.6. The maximum Gasteiger partial charge on any atom is 0.123 e. The molecule has 0 bridgehead atoms. The Morgan fingerprint density at radius 3 is 1.13 bits per heavy atom. The Kier molecular flexibility index (Phi) is 13.0. The van der Waals surface area contributed by atoms with Crippen LogP contribution in [0.2, 0.25) is 0 Å². The van der Waals surface area contributed by atoms with E-state index in [2.05, 4.69) is 329 Å². The summed E-state index contributed by atoms with van der Waals surface area (Å²) < 4.78 is 39.0. The summed E-state index contributed by atoms with van der Waals surface area (Å²) in [5.41, 5.74) is 19.9. The van der Waals surface area contributed by atoms with Crippen molar-refractivity contribution < 1.29 is 8.78 Å². The van der Waals surface area contributed by atoms with E-state index in [9.17, 15) is 8.78 Å². The number of hydrogen-bond donors (Lipinski definition) is 0.